The fraction of sp³-hybridized carbons (Fsp3) is 0.400. The molecular weight excluding hydrogens is 164 g/mol. The number of anilines is 2. The maximum atomic E-state index is 9.39. The lowest BCUT2D eigenvalue weighted by molar-refractivity contribution is 0.478. The van der Waals surface area contributed by atoms with E-state index in [4.69, 9.17) is 5.73 Å². The molecule has 2 rings (SSSR count). The topological polar surface area (TPSA) is 58.3 Å². The maximum Gasteiger partial charge on any atom is 0.140 e. The predicted molar refractivity (Wildman–Crippen MR) is 54.0 cm³/mol. The van der Waals surface area contributed by atoms with Crippen molar-refractivity contribution in [3.8, 4) is 5.75 Å². The van der Waals surface area contributed by atoms with Crippen LogP contribution in [0.25, 0.3) is 0 Å². The van der Waals surface area contributed by atoms with E-state index in [-0.39, 0.29) is 11.2 Å². The molecule has 0 aliphatic carbocycles. The summed E-state index contributed by atoms with van der Waals surface area (Å²) in [5, 5.41) is 12.6. The third-order valence-electron chi connectivity index (χ3n) is 2.62. The Labute approximate surface area is 77.6 Å². The lowest BCUT2D eigenvalue weighted by Gasteiger charge is -2.17. The van der Waals surface area contributed by atoms with Gasteiger partial charge in [-0.3, -0.25) is 0 Å². The van der Waals surface area contributed by atoms with Gasteiger partial charge < -0.3 is 16.2 Å². The molecule has 13 heavy (non-hydrogen) atoms. The van der Waals surface area contributed by atoms with Gasteiger partial charge in [0.2, 0.25) is 0 Å². The highest BCUT2D eigenvalue weighted by Crippen LogP contribution is 2.40. The minimum absolute atomic E-state index is 0.108. The van der Waals surface area contributed by atoms with Crippen LogP contribution in [0.3, 0.4) is 0 Å². The average Bonchev–Trinajstić information content (AvgIpc) is 2.31. The maximum absolute atomic E-state index is 9.39. The molecule has 0 fully saturated rings. The first kappa shape index (κ1) is 8.23. The Morgan fingerprint density at radius 2 is 2.15 bits per heavy atom. The zero-order chi connectivity index (χ0) is 9.64. The minimum Gasteiger partial charge on any atom is -0.506 e. The molecule has 70 valence electrons. The standard InChI is InChI=1S/C10H14N2O/c1-10(2)5-12-8-4-9(13)7(11)3-6(8)10/h3-4,12-13H,5,11H2,1-2H3. The number of rotatable bonds is 0. The highest BCUT2D eigenvalue weighted by Gasteiger charge is 2.30. The van der Waals surface area contributed by atoms with Crippen molar-refractivity contribution in [2.75, 3.05) is 17.6 Å². The fourth-order valence-electron chi connectivity index (χ4n) is 1.72. The fourth-order valence-corrected chi connectivity index (χ4v) is 1.72. The summed E-state index contributed by atoms with van der Waals surface area (Å²) in [5.74, 6) is 0.156. The van der Waals surface area contributed by atoms with Crippen LogP contribution in [0, 0.1) is 0 Å². The van der Waals surface area contributed by atoms with Crippen LogP contribution in [-0.2, 0) is 5.41 Å². The summed E-state index contributed by atoms with van der Waals surface area (Å²) < 4.78 is 0. The molecule has 1 aliphatic heterocycles. The third kappa shape index (κ3) is 1.11. The van der Waals surface area contributed by atoms with Crippen molar-refractivity contribution in [2.45, 2.75) is 19.3 Å². The summed E-state index contributed by atoms with van der Waals surface area (Å²) in [6.45, 7) is 5.20. The molecule has 1 aromatic carbocycles. The molecule has 0 bridgehead atoms. The quantitative estimate of drug-likeness (QED) is 0.418. The molecule has 1 heterocycles. The Morgan fingerprint density at radius 3 is 2.85 bits per heavy atom. The van der Waals surface area contributed by atoms with Gasteiger partial charge in [0.05, 0.1) is 5.69 Å². The van der Waals surface area contributed by atoms with Gasteiger partial charge in [-0.2, -0.15) is 0 Å². The second kappa shape index (κ2) is 2.31. The first-order chi connectivity index (χ1) is 6.00. The Kier molecular flexibility index (Phi) is 1.46. The van der Waals surface area contributed by atoms with Gasteiger partial charge >= 0.3 is 0 Å². The first-order valence-electron chi connectivity index (χ1n) is 4.37. The molecule has 3 heteroatoms. The summed E-state index contributed by atoms with van der Waals surface area (Å²) >= 11 is 0. The van der Waals surface area contributed by atoms with Crippen molar-refractivity contribution < 1.29 is 5.11 Å². The van der Waals surface area contributed by atoms with Gasteiger partial charge in [-0.05, 0) is 11.6 Å². The third-order valence-corrected chi connectivity index (χ3v) is 2.62. The highest BCUT2D eigenvalue weighted by molar-refractivity contribution is 5.69. The van der Waals surface area contributed by atoms with E-state index in [1.54, 1.807) is 6.07 Å². The summed E-state index contributed by atoms with van der Waals surface area (Å²) in [6, 6.07) is 3.55. The van der Waals surface area contributed by atoms with Crippen LogP contribution < -0.4 is 11.1 Å². The molecule has 1 aliphatic rings. The molecule has 0 amide bonds. The van der Waals surface area contributed by atoms with E-state index in [0.717, 1.165) is 12.2 Å². The van der Waals surface area contributed by atoms with Gasteiger partial charge in [-0.25, -0.2) is 0 Å². The van der Waals surface area contributed by atoms with Crippen molar-refractivity contribution in [3.63, 3.8) is 0 Å². The summed E-state index contributed by atoms with van der Waals surface area (Å²) in [6.07, 6.45) is 0. The number of nitrogen functional groups attached to an aromatic ring is 1. The number of fused-ring (bicyclic) bond motifs is 1. The van der Waals surface area contributed by atoms with Crippen LogP contribution in [-0.4, -0.2) is 11.7 Å². The number of nitrogens with two attached hydrogens (primary N) is 1. The van der Waals surface area contributed by atoms with Crippen LogP contribution in [0.15, 0.2) is 12.1 Å². The predicted octanol–water partition coefficient (Wildman–Crippen LogP) is 1.68. The Morgan fingerprint density at radius 1 is 1.46 bits per heavy atom. The van der Waals surface area contributed by atoms with E-state index in [1.165, 1.54) is 5.56 Å². The molecule has 0 spiro atoms. The summed E-state index contributed by atoms with van der Waals surface area (Å²) in [5.41, 5.74) is 8.38. The molecule has 3 nitrogen and oxygen atoms in total. The van der Waals surface area contributed by atoms with E-state index in [1.807, 2.05) is 6.07 Å². The van der Waals surface area contributed by atoms with Crippen molar-refractivity contribution in [2.24, 2.45) is 0 Å². The van der Waals surface area contributed by atoms with E-state index in [9.17, 15) is 5.11 Å². The Balaban J connectivity index is 2.61. The second-order valence-electron chi connectivity index (χ2n) is 4.19. The molecule has 1 aromatic rings. The second-order valence-corrected chi connectivity index (χ2v) is 4.19. The van der Waals surface area contributed by atoms with Crippen molar-refractivity contribution in [1.82, 2.24) is 0 Å². The van der Waals surface area contributed by atoms with Crippen molar-refractivity contribution >= 4 is 11.4 Å². The van der Waals surface area contributed by atoms with Gasteiger partial charge in [-0.15, -0.1) is 0 Å². The molecule has 0 saturated carbocycles. The van der Waals surface area contributed by atoms with Gasteiger partial charge in [0.1, 0.15) is 5.75 Å². The lowest BCUT2D eigenvalue weighted by atomic mass is 9.87. The Hall–Kier alpha value is -1.38. The zero-order valence-corrected chi connectivity index (χ0v) is 7.89. The molecule has 0 saturated heterocycles. The van der Waals surface area contributed by atoms with Crippen LogP contribution >= 0.6 is 0 Å². The van der Waals surface area contributed by atoms with E-state index in [2.05, 4.69) is 19.2 Å². The van der Waals surface area contributed by atoms with Crippen molar-refractivity contribution in [3.05, 3.63) is 17.7 Å². The van der Waals surface area contributed by atoms with Gasteiger partial charge in [0.15, 0.2) is 0 Å². The lowest BCUT2D eigenvalue weighted by Crippen LogP contribution is -2.19. The number of phenolic OH excluding ortho intramolecular Hbond substituents is 1. The zero-order valence-electron chi connectivity index (χ0n) is 7.89. The number of hydrogen-bond donors (Lipinski definition) is 3. The normalized spacial score (nSPS) is 18.0. The monoisotopic (exact) mass is 178 g/mol. The SMILES string of the molecule is CC1(C)CNc2cc(O)c(N)cc21. The average molecular weight is 178 g/mol. The Bertz CT molecular complexity index is 358. The highest BCUT2D eigenvalue weighted by atomic mass is 16.3. The van der Waals surface area contributed by atoms with Crippen molar-refractivity contribution in [1.29, 1.82) is 0 Å². The van der Waals surface area contributed by atoms with Crippen LogP contribution in [0.5, 0.6) is 5.75 Å². The number of hydrogen-bond acceptors (Lipinski definition) is 3. The summed E-state index contributed by atoms with van der Waals surface area (Å²) in [4.78, 5) is 0. The molecule has 0 unspecified atom stereocenters. The van der Waals surface area contributed by atoms with Crippen LogP contribution in [0.4, 0.5) is 11.4 Å². The molecular formula is C10H14N2O. The number of aromatic hydroxyl groups is 1. The van der Waals surface area contributed by atoms with Gasteiger partial charge in [-0.1, -0.05) is 13.8 Å². The van der Waals surface area contributed by atoms with E-state index < -0.39 is 0 Å². The van der Waals surface area contributed by atoms with Gasteiger partial charge in [0, 0.05) is 23.7 Å². The molecule has 4 N–H and O–H groups in total. The smallest absolute Gasteiger partial charge is 0.140 e. The summed E-state index contributed by atoms with van der Waals surface area (Å²) in [7, 11) is 0. The molecule has 0 radical (unpaired) electrons. The first-order valence-corrected chi connectivity index (χ1v) is 4.37. The molecule has 0 aromatic heterocycles. The van der Waals surface area contributed by atoms with Crippen LogP contribution in [0.2, 0.25) is 0 Å². The van der Waals surface area contributed by atoms with E-state index >= 15 is 0 Å². The minimum atomic E-state index is 0.108. The van der Waals surface area contributed by atoms with Crippen LogP contribution in [0.1, 0.15) is 19.4 Å². The number of phenols is 1. The van der Waals surface area contributed by atoms with Gasteiger partial charge in [0.25, 0.3) is 0 Å². The largest absolute Gasteiger partial charge is 0.506 e. The molecule has 0 atom stereocenters. The number of nitrogens with one attached hydrogen (secondary N) is 1. The van der Waals surface area contributed by atoms with E-state index in [0.29, 0.717) is 5.69 Å². The number of benzene rings is 1.